The van der Waals surface area contributed by atoms with Crippen molar-refractivity contribution in [1.29, 1.82) is 0 Å². The highest BCUT2D eigenvalue weighted by Crippen LogP contribution is 2.59. The first-order chi connectivity index (χ1) is 24.0. The van der Waals surface area contributed by atoms with Gasteiger partial charge in [-0.3, -0.25) is 0 Å². The minimum atomic E-state index is -0.140. The van der Waals surface area contributed by atoms with Crippen LogP contribution in [0.25, 0.3) is 66.9 Å². The molecule has 0 atom stereocenters. The molecule has 7 aromatic rings. The van der Waals surface area contributed by atoms with Gasteiger partial charge in [-0.2, -0.15) is 0 Å². The van der Waals surface area contributed by atoms with E-state index in [1.807, 2.05) is 30.3 Å². The van der Waals surface area contributed by atoms with Crippen LogP contribution in [0.5, 0.6) is 11.5 Å². The zero-order valence-corrected chi connectivity index (χ0v) is 29.2. The van der Waals surface area contributed by atoms with E-state index < -0.39 is 0 Å². The van der Waals surface area contributed by atoms with Gasteiger partial charge in [0.2, 0.25) is 0 Å². The lowest BCUT2D eigenvalue weighted by molar-refractivity contribution is 0.486. The van der Waals surface area contributed by atoms with Crippen molar-refractivity contribution in [2.75, 3.05) is 0 Å². The SMILES string of the molecule is CC1(C)c2ccccc2-c2cc3c(cc21)-c1cc2c(cc1C3(C)C)-c1cc(-c3nc4c5c(cccc5n3)Oc3ccccc3-4)ccc1C2(C)C. The van der Waals surface area contributed by atoms with Gasteiger partial charge in [-0.15, -0.1) is 0 Å². The molecule has 50 heavy (non-hydrogen) atoms. The number of hydrogen-bond acceptors (Lipinski definition) is 3. The third kappa shape index (κ3) is 3.36. The van der Waals surface area contributed by atoms with Crippen molar-refractivity contribution in [3.05, 3.63) is 143 Å². The summed E-state index contributed by atoms with van der Waals surface area (Å²) < 4.78 is 6.26. The van der Waals surface area contributed by atoms with Gasteiger partial charge < -0.3 is 4.74 Å². The molecule has 0 N–H and O–H groups in total. The number of para-hydroxylation sites is 1. The summed E-state index contributed by atoms with van der Waals surface area (Å²) in [6, 6.07) is 40.1. The van der Waals surface area contributed by atoms with Crippen molar-refractivity contribution < 1.29 is 4.74 Å². The molecular formula is C47H36N2O. The molecule has 0 radical (unpaired) electrons. The minimum Gasteiger partial charge on any atom is -0.456 e. The van der Waals surface area contributed by atoms with E-state index in [-0.39, 0.29) is 16.2 Å². The number of benzene rings is 6. The van der Waals surface area contributed by atoms with Crippen molar-refractivity contribution in [2.45, 2.75) is 57.8 Å². The quantitative estimate of drug-likeness (QED) is 0.178. The molecule has 0 fully saturated rings. The molecule has 1 aromatic heterocycles. The summed E-state index contributed by atoms with van der Waals surface area (Å²) in [5.41, 5.74) is 20.2. The molecule has 6 aromatic carbocycles. The number of rotatable bonds is 1. The monoisotopic (exact) mass is 644 g/mol. The van der Waals surface area contributed by atoms with Gasteiger partial charge in [0.05, 0.1) is 16.6 Å². The van der Waals surface area contributed by atoms with Crippen molar-refractivity contribution in [3.8, 4) is 67.5 Å². The van der Waals surface area contributed by atoms with Crippen LogP contribution in [0.3, 0.4) is 0 Å². The Balaban J connectivity index is 1.09. The van der Waals surface area contributed by atoms with Gasteiger partial charge in [0.1, 0.15) is 11.5 Å². The molecule has 3 heteroatoms. The van der Waals surface area contributed by atoms with E-state index in [0.717, 1.165) is 45.0 Å². The predicted molar refractivity (Wildman–Crippen MR) is 203 cm³/mol. The molecule has 0 saturated carbocycles. The fourth-order valence-corrected chi connectivity index (χ4v) is 9.74. The summed E-state index contributed by atoms with van der Waals surface area (Å²) in [5.74, 6) is 2.38. The summed E-state index contributed by atoms with van der Waals surface area (Å²) in [5, 5.41) is 0.970. The van der Waals surface area contributed by atoms with E-state index in [1.165, 1.54) is 66.8 Å². The van der Waals surface area contributed by atoms with Crippen LogP contribution in [-0.2, 0) is 16.2 Å². The van der Waals surface area contributed by atoms with Gasteiger partial charge in [0.15, 0.2) is 5.82 Å². The second-order valence-electron chi connectivity index (χ2n) is 16.2. The normalized spacial score (nSPS) is 16.8. The minimum absolute atomic E-state index is 0.0313. The molecule has 4 aliphatic rings. The van der Waals surface area contributed by atoms with E-state index >= 15 is 0 Å². The maximum Gasteiger partial charge on any atom is 0.160 e. The van der Waals surface area contributed by atoms with Crippen LogP contribution < -0.4 is 4.74 Å². The molecule has 3 nitrogen and oxygen atoms in total. The molecule has 2 heterocycles. The Kier molecular flexibility index (Phi) is 5.08. The Hall–Kier alpha value is -5.54. The van der Waals surface area contributed by atoms with Crippen LogP contribution >= 0.6 is 0 Å². The number of aromatic nitrogens is 2. The number of fused-ring (bicyclic) bond motifs is 11. The lowest BCUT2D eigenvalue weighted by Crippen LogP contribution is -2.17. The first-order valence-electron chi connectivity index (χ1n) is 17.7. The number of hydrogen-bond donors (Lipinski definition) is 0. The third-order valence-electron chi connectivity index (χ3n) is 12.5. The van der Waals surface area contributed by atoms with Gasteiger partial charge in [-0.25, -0.2) is 9.97 Å². The predicted octanol–water partition coefficient (Wildman–Crippen LogP) is 12.0. The maximum atomic E-state index is 6.26. The Bertz CT molecular complexity index is 2710. The average Bonchev–Trinajstić information content (AvgIpc) is 3.59. The molecule has 0 saturated heterocycles. The standard InChI is InChI=1S/C47H36N2O/c1-45(2)33-14-9-7-12-26(33)29-21-37-31(23-35(29)45)32-24-36-30(22-38(32)47(37,5)6)28-20-25(18-19-34(28)46(36,3)4)44-48-39-15-11-17-41-42(39)43(49-44)27-13-8-10-16-40(27)50-41/h7-24H,1-6H3. The van der Waals surface area contributed by atoms with E-state index in [2.05, 4.69) is 120 Å². The average molecular weight is 645 g/mol. The number of ether oxygens (including phenoxy) is 1. The van der Waals surface area contributed by atoms with E-state index in [4.69, 9.17) is 14.7 Å². The molecule has 0 unspecified atom stereocenters. The molecule has 0 spiro atoms. The first-order valence-corrected chi connectivity index (χ1v) is 17.7. The smallest absolute Gasteiger partial charge is 0.160 e. The van der Waals surface area contributed by atoms with Gasteiger partial charge in [0.25, 0.3) is 0 Å². The zero-order valence-electron chi connectivity index (χ0n) is 29.2. The topological polar surface area (TPSA) is 35.0 Å². The lowest BCUT2D eigenvalue weighted by Gasteiger charge is -2.24. The van der Waals surface area contributed by atoms with Crippen molar-refractivity contribution in [1.82, 2.24) is 9.97 Å². The Morgan fingerprint density at radius 3 is 1.62 bits per heavy atom. The van der Waals surface area contributed by atoms with E-state index in [0.29, 0.717) is 0 Å². The first kappa shape index (κ1) is 28.3. The van der Waals surface area contributed by atoms with Crippen molar-refractivity contribution in [3.63, 3.8) is 0 Å². The number of nitrogens with zero attached hydrogens (tertiary/aromatic N) is 2. The lowest BCUT2D eigenvalue weighted by atomic mass is 9.78. The summed E-state index contributed by atoms with van der Waals surface area (Å²) in [7, 11) is 0. The zero-order chi connectivity index (χ0) is 33.9. The highest BCUT2D eigenvalue weighted by Gasteiger charge is 2.44. The highest BCUT2D eigenvalue weighted by atomic mass is 16.5. The Morgan fingerprint density at radius 2 is 0.940 bits per heavy atom. The van der Waals surface area contributed by atoms with Crippen LogP contribution in [0.4, 0.5) is 0 Å². The summed E-state index contributed by atoms with van der Waals surface area (Å²) in [6.07, 6.45) is 0. The van der Waals surface area contributed by atoms with Crippen molar-refractivity contribution in [2.24, 2.45) is 0 Å². The molecule has 0 bridgehead atoms. The van der Waals surface area contributed by atoms with E-state index in [1.54, 1.807) is 0 Å². The van der Waals surface area contributed by atoms with Gasteiger partial charge in [-0.05, 0) is 121 Å². The van der Waals surface area contributed by atoms with Crippen LogP contribution in [0.1, 0.15) is 74.9 Å². The maximum absolute atomic E-state index is 6.26. The van der Waals surface area contributed by atoms with Crippen molar-refractivity contribution >= 4 is 10.9 Å². The van der Waals surface area contributed by atoms with Gasteiger partial charge in [-0.1, -0.05) is 96.1 Å². The molecule has 1 aliphatic heterocycles. The van der Waals surface area contributed by atoms with Gasteiger partial charge >= 0.3 is 0 Å². The van der Waals surface area contributed by atoms with Crippen LogP contribution in [-0.4, -0.2) is 9.97 Å². The summed E-state index contributed by atoms with van der Waals surface area (Å²) in [6.45, 7) is 14.3. The molecule has 240 valence electrons. The Morgan fingerprint density at radius 1 is 0.420 bits per heavy atom. The largest absolute Gasteiger partial charge is 0.456 e. The molecule has 11 rings (SSSR count). The molecule has 3 aliphatic carbocycles. The highest BCUT2D eigenvalue weighted by molar-refractivity contribution is 6.01. The fraction of sp³-hybridized carbons (Fsp3) is 0.191. The van der Waals surface area contributed by atoms with Crippen LogP contribution in [0.2, 0.25) is 0 Å². The van der Waals surface area contributed by atoms with Gasteiger partial charge in [0, 0.05) is 27.4 Å². The molecular weight excluding hydrogens is 609 g/mol. The molecule has 0 amide bonds. The van der Waals surface area contributed by atoms with E-state index in [9.17, 15) is 0 Å². The van der Waals surface area contributed by atoms with Crippen LogP contribution in [0, 0.1) is 0 Å². The third-order valence-corrected chi connectivity index (χ3v) is 12.5. The fourth-order valence-electron chi connectivity index (χ4n) is 9.74. The Labute approximate surface area is 292 Å². The summed E-state index contributed by atoms with van der Waals surface area (Å²) in [4.78, 5) is 10.3. The summed E-state index contributed by atoms with van der Waals surface area (Å²) >= 11 is 0. The second-order valence-corrected chi connectivity index (χ2v) is 16.2. The second kappa shape index (κ2) is 8.97. The van der Waals surface area contributed by atoms with Crippen LogP contribution in [0.15, 0.2) is 109 Å².